The Morgan fingerprint density at radius 3 is 1.67 bits per heavy atom. The molecule has 0 amide bonds. The lowest BCUT2D eigenvalue weighted by atomic mass is 10.4. The van der Waals surface area contributed by atoms with E-state index in [1.54, 1.807) is 12.4 Å². The Morgan fingerprint density at radius 2 is 1.33 bits per heavy atom. The molecule has 15 heavy (non-hydrogen) atoms. The van der Waals surface area contributed by atoms with Crippen LogP contribution in [0.25, 0.3) is 0 Å². The Hall–Kier alpha value is -1.58. The van der Waals surface area contributed by atoms with E-state index in [9.17, 15) is 9.59 Å². The van der Waals surface area contributed by atoms with Crippen molar-refractivity contribution in [3.63, 3.8) is 0 Å². The highest BCUT2D eigenvalue weighted by Crippen LogP contribution is 1.77. The third-order valence-electron chi connectivity index (χ3n) is 1.51. The van der Waals surface area contributed by atoms with Crippen molar-refractivity contribution in [2.75, 3.05) is 13.1 Å². The van der Waals surface area contributed by atoms with E-state index in [0.29, 0.717) is 0 Å². The number of ketones is 2. The number of hydrogen-bond acceptors (Lipinski definition) is 4. The summed E-state index contributed by atoms with van der Waals surface area (Å²) >= 11 is 0. The molecule has 0 aliphatic heterocycles. The van der Waals surface area contributed by atoms with Crippen molar-refractivity contribution in [1.82, 2.24) is 10.6 Å². The van der Waals surface area contributed by atoms with E-state index >= 15 is 0 Å². The maximum absolute atomic E-state index is 10.5. The van der Waals surface area contributed by atoms with Crippen molar-refractivity contribution < 1.29 is 9.59 Å². The molecule has 0 aromatic heterocycles. The predicted octanol–water partition coefficient (Wildman–Crippen LogP) is 0.761. The van der Waals surface area contributed by atoms with Gasteiger partial charge in [-0.3, -0.25) is 9.59 Å². The monoisotopic (exact) mass is 210 g/mol. The fourth-order valence-electron chi connectivity index (χ4n) is 0.812. The van der Waals surface area contributed by atoms with Gasteiger partial charge in [-0.15, -0.1) is 0 Å². The van der Waals surface area contributed by atoms with Gasteiger partial charge in [0.1, 0.15) is 0 Å². The molecular weight excluding hydrogens is 192 g/mol. The van der Waals surface area contributed by atoms with Crippen LogP contribution in [0.2, 0.25) is 0 Å². The van der Waals surface area contributed by atoms with E-state index < -0.39 is 0 Å². The Bertz CT molecular complexity index is 231. The maximum Gasteiger partial charge on any atom is 0.154 e. The zero-order valence-electron chi connectivity index (χ0n) is 9.25. The van der Waals surface area contributed by atoms with Gasteiger partial charge in [-0.25, -0.2) is 0 Å². The normalized spacial score (nSPS) is 10.8. The highest BCUT2D eigenvalue weighted by Gasteiger charge is 1.84. The Labute approximate surface area is 90.4 Å². The molecule has 0 radical (unpaired) electrons. The molecule has 0 aliphatic rings. The van der Waals surface area contributed by atoms with Crippen molar-refractivity contribution >= 4 is 11.6 Å². The molecule has 0 aromatic rings. The van der Waals surface area contributed by atoms with Crippen LogP contribution in [-0.4, -0.2) is 24.7 Å². The van der Waals surface area contributed by atoms with Crippen molar-refractivity contribution in [2.24, 2.45) is 0 Å². The highest BCUT2D eigenvalue weighted by molar-refractivity contribution is 5.87. The Kier molecular flexibility index (Phi) is 8.05. The predicted molar refractivity (Wildman–Crippen MR) is 60.3 cm³/mol. The quantitative estimate of drug-likeness (QED) is 0.459. The lowest BCUT2D eigenvalue weighted by Gasteiger charge is -2.00. The SMILES string of the molecule is CC(=O)C=CNCCCNC=CC(C)=O. The van der Waals surface area contributed by atoms with E-state index in [0.717, 1.165) is 19.5 Å². The average molecular weight is 210 g/mol. The third kappa shape index (κ3) is 12.4. The third-order valence-corrected chi connectivity index (χ3v) is 1.51. The van der Waals surface area contributed by atoms with Crippen molar-refractivity contribution in [2.45, 2.75) is 20.3 Å². The van der Waals surface area contributed by atoms with Crippen LogP contribution in [0.5, 0.6) is 0 Å². The van der Waals surface area contributed by atoms with Gasteiger partial charge >= 0.3 is 0 Å². The molecule has 0 aromatic carbocycles. The molecule has 0 rings (SSSR count). The van der Waals surface area contributed by atoms with Gasteiger partial charge in [0.05, 0.1) is 0 Å². The fraction of sp³-hybridized carbons (Fsp3) is 0.455. The van der Waals surface area contributed by atoms with E-state index in [1.165, 1.54) is 26.0 Å². The summed E-state index contributed by atoms with van der Waals surface area (Å²) in [4.78, 5) is 21.0. The first-order valence-electron chi connectivity index (χ1n) is 4.94. The lowest BCUT2D eigenvalue weighted by Crippen LogP contribution is -2.15. The zero-order valence-corrected chi connectivity index (χ0v) is 9.25. The topological polar surface area (TPSA) is 58.2 Å². The number of allylic oxidation sites excluding steroid dienone is 2. The summed E-state index contributed by atoms with van der Waals surface area (Å²) in [5.41, 5.74) is 0. The first-order chi connectivity index (χ1) is 7.13. The number of rotatable bonds is 8. The van der Waals surface area contributed by atoms with Gasteiger partial charge in [-0.1, -0.05) is 0 Å². The molecule has 4 nitrogen and oxygen atoms in total. The standard InChI is InChI=1S/C11H18N2O2/c1-10(14)4-8-12-6-3-7-13-9-5-11(2)15/h4-5,8-9,12-13H,3,6-7H2,1-2H3. The summed E-state index contributed by atoms with van der Waals surface area (Å²) in [6.07, 6.45) is 7.19. The van der Waals surface area contributed by atoms with Crippen LogP contribution in [0.1, 0.15) is 20.3 Å². The number of carbonyl (C=O) groups excluding carboxylic acids is 2. The minimum absolute atomic E-state index is 0.0324. The zero-order chi connectivity index (χ0) is 11.5. The first-order valence-corrected chi connectivity index (χ1v) is 4.94. The molecule has 0 heterocycles. The van der Waals surface area contributed by atoms with E-state index in [1.807, 2.05) is 0 Å². The van der Waals surface area contributed by atoms with E-state index in [-0.39, 0.29) is 11.6 Å². The molecule has 0 bridgehead atoms. The van der Waals surface area contributed by atoms with Crippen LogP contribution in [0.4, 0.5) is 0 Å². The second-order valence-electron chi connectivity index (χ2n) is 3.15. The minimum Gasteiger partial charge on any atom is -0.391 e. The van der Waals surface area contributed by atoms with E-state index in [2.05, 4.69) is 10.6 Å². The first kappa shape index (κ1) is 13.4. The van der Waals surface area contributed by atoms with Crippen LogP contribution in [0.3, 0.4) is 0 Å². The van der Waals surface area contributed by atoms with Crippen molar-refractivity contribution in [1.29, 1.82) is 0 Å². The molecule has 0 unspecified atom stereocenters. The molecule has 0 saturated heterocycles. The summed E-state index contributed by atoms with van der Waals surface area (Å²) < 4.78 is 0. The van der Waals surface area contributed by atoms with Gasteiger partial charge in [-0.2, -0.15) is 0 Å². The number of hydrogen-bond donors (Lipinski definition) is 2. The number of nitrogens with one attached hydrogen (secondary N) is 2. The van der Waals surface area contributed by atoms with Gasteiger partial charge in [0.2, 0.25) is 0 Å². The van der Waals surface area contributed by atoms with Crippen LogP contribution in [-0.2, 0) is 9.59 Å². The van der Waals surface area contributed by atoms with E-state index in [4.69, 9.17) is 0 Å². The molecule has 4 heteroatoms. The van der Waals surface area contributed by atoms with Crippen molar-refractivity contribution in [3.8, 4) is 0 Å². The van der Waals surface area contributed by atoms with Crippen LogP contribution >= 0.6 is 0 Å². The summed E-state index contributed by atoms with van der Waals surface area (Å²) in [6.45, 7) is 4.61. The number of carbonyl (C=O) groups is 2. The lowest BCUT2D eigenvalue weighted by molar-refractivity contribution is -0.113. The summed E-state index contributed by atoms with van der Waals surface area (Å²) in [6, 6.07) is 0. The van der Waals surface area contributed by atoms with Gasteiger partial charge in [0.15, 0.2) is 11.6 Å². The summed E-state index contributed by atoms with van der Waals surface area (Å²) in [5.74, 6) is 0.0648. The van der Waals surface area contributed by atoms with Crippen LogP contribution in [0, 0.1) is 0 Å². The summed E-state index contributed by atoms with van der Waals surface area (Å²) in [7, 11) is 0. The van der Waals surface area contributed by atoms with Crippen LogP contribution in [0.15, 0.2) is 24.6 Å². The molecule has 0 saturated carbocycles. The summed E-state index contributed by atoms with van der Waals surface area (Å²) in [5, 5.41) is 5.97. The molecule has 2 N–H and O–H groups in total. The Balaban J connectivity index is 3.25. The van der Waals surface area contributed by atoms with Gasteiger partial charge in [0, 0.05) is 13.1 Å². The minimum atomic E-state index is 0.0324. The van der Waals surface area contributed by atoms with Crippen LogP contribution < -0.4 is 10.6 Å². The second kappa shape index (κ2) is 8.99. The average Bonchev–Trinajstić information content (AvgIpc) is 2.14. The fourth-order valence-corrected chi connectivity index (χ4v) is 0.812. The Morgan fingerprint density at radius 1 is 0.933 bits per heavy atom. The molecule has 0 aliphatic carbocycles. The molecule has 0 spiro atoms. The maximum atomic E-state index is 10.5. The van der Waals surface area contributed by atoms with Gasteiger partial charge < -0.3 is 10.6 Å². The van der Waals surface area contributed by atoms with Gasteiger partial charge in [0.25, 0.3) is 0 Å². The molecule has 84 valence electrons. The largest absolute Gasteiger partial charge is 0.391 e. The smallest absolute Gasteiger partial charge is 0.154 e. The second-order valence-corrected chi connectivity index (χ2v) is 3.15. The van der Waals surface area contributed by atoms with Gasteiger partial charge in [-0.05, 0) is 44.8 Å². The molecular formula is C11H18N2O2. The molecule has 0 atom stereocenters. The molecule has 0 fully saturated rings. The highest BCUT2D eigenvalue weighted by atomic mass is 16.1. The van der Waals surface area contributed by atoms with Crippen molar-refractivity contribution in [3.05, 3.63) is 24.6 Å².